The molecule has 5 nitrogen and oxygen atoms in total. The molecule has 1 atom stereocenters. The molecule has 0 fully saturated rings. The Hall–Kier alpha value is -1.40. The van der Waals surface area contributed by atoms with Gasteiger partial charge in [-0.3, -0.25) is 4.79 Å². The van der Waals surface area contributed by atoms with Gasteiger partial charge >= 0.3 is 0 Å². The van der Waals surface area contributed by atoms with Crippen LogP contribution in [-0.4, -0.2) is 26.1 Å². The zero-order valence-electron chi connectivity index (χ0n) is 12.3. The molecular formula is C14H22N2O3S. The van der Waals surface area contributed by atoms with Crippen LogP contribution in [0.1, 0.15) is 27.7 Å². The number of para-hydroxylation sites is 1. The molecule has 0 spiro atoms. The number of carbonyl (C=O) groups excluding carboxylic acids is 1. The third-order valence-electron chi connectivity index (χ3n) is 3.08. The fourth-order valence-electron chi connectivity index (χ4n) is 1.60. The highest BCUT2D eigenvalue weighted by Gasteiger charge is 2.28. The second kappa shape index (κ2) is 5.93. The fraction of sp³-hybridized carbons (Fsp3) is 0.500. The third kappa shape index (κ3) is 3.80. The monoisotopic (exact) mass is 298 g/mol. The van der Waals surface area contributed by atoms with Crippen molar-refractivity contribution in [2.75, 3.05) is 11.1 Å². The topological polar surface area (TPSA) is 89.3 Å². The van der Waals surface area contributed by atoms with Crippen LogP contribution in [0.4, 0.5) is 5.69 Å². The van der Waals surface area contributed by atoms with E-state index in [0.717, 1.165) is 0 Å². The lowest BCUT2D eigenvalue weighted by molar-refractivity contribution is -0.119. The minimum absolute atomic E-state index is 0.0226. The van der Waals surface area contributed by atoms with E-state index in [1.54, 1.807) is 25.1 Å². The largest absolute Gasteiger partial charge is 0.324 e. The lowest BCUT2D eigenvalue weighted by Crippen LogP contribution is -2.45. The number of amides is 1. The lowest BCUT2D eigenvalue weighted by Gasteiger charge is -2.26. The van der Waals surface area contributed by atoms with Crippen LogP contribution in [0.15, 0.2) is 29.2 Å². The van der Waals surface area contributed by atoms with Gasteiger partial charge in [-0.2, -0.15) is 0 Å². The average Bonchev–Trinajstić information content (AvgIpc) is 2.37. The van der Waals surface area contributed by atoms with Crippen molar-refractivity contribution in [1.29, 1.82) is 0 Å². The minimum Gasteiger partial charge on any atom is -0.324 e. The van der Waals surface area contributed by atoms with Crippen LogP contribution in [0.25, 0.3) is 0 Å². The summed E-state index contributed by atoms with van der Waals surface area (Å²) >= 11 is 0. The van der Waals surface area contributed by atoms with Gasteiger partial charge in [-0.15, -0.1) is 0 Å². The van der Waals surface area contributed by atoms with Gasteiger partial charge in [0.25, 0.3) is 0 Å². The predicted molar refractivity (Wildman–Crippen MR) is 80.2 cm³/mol. The SMILES string of the molecule is CCS(=O)(=O)c1ccccc1NC(=O)[C@@H](N)C(C)(C)C. The summed E-state index contributed by atoms with van der Waals surface area (Å²) < 4.78 is 24.0. The summed E-state index contributed by atoms with van der Waals surface area (Å²) in [5, 5.41) is 2.61. The van der Waals surface area contributed by atoms with Crippen molar-refractivity contribution in [3.8, 4) is 0 Å². The molecular weight excluding hydrogens is 276 g/mol. The summed E-state index contributed by atoms with van der Waals surface area (Å²) in [6.07, 6.45) is 0. The predicted octanol–water partition coefficient (Wildman–Crippen LogP) is 1.79. The zero-order chi connectivity index (χ0) is 15.6. The number of anilines is 1. The van der Waals surface area contributed by atoms with Gasteiger partial charge in [0.15, 0.2) is 9.84 Å². The molecule has 1 rings (SSSR count). The first-order valence-electron chi connectivity index (χ1n) is 6.48. The highest BCUT2D eigenvalue weighted by atomic mass is 32.2. The first kappa shape index (κ1) is 16.7. The summed E-state index contributed by atoms with van der Waals surface area (Å²) in [5.41, 5.74) is 5.75. The summed E-state index contributed by atoms with van der Waals surface area (Å²) in [6, 6.07) is 5.63. The van der Waals surface area contributed by atoms with E-state index in [0.29, 0.717) is 0 Å². The van der Waals surface area contributed by atoms with E-state index >= 15 is 0 Å². The Bertz CT molecular complexity index is 589. The molecule has 6 heteroatoms. The van der Waals surface area contributed by atoms with E-state index < -0.39 is 27.2 Å². The van der Waals surface area contributed by atoms with Crippen molar-refractivity contribution in [2.24, 2.45) is 11.1 Å². The molecule has 0 aliphatic carbocycles. The minimum atomic E-state index is -3.39. The van der Waals surface area contributed by atoms with Crippen LogP contribution in [0.5, 0.6) is 0 Å². The normalized spacial score (nSPS) is 13.8. The van der Waals surface area contributed by atoms with Crippen molar-refractivity contribution >= 4 is 21.4 Å². The van der Waals surface area contributed by atoms with Gasteiger partial charge in [-0.25, -0.2) is 8.42 Å². The van der Waals surface area contributed by atoms with Crippen molar-refractivity contribution < 1.29 is 13.2 Å². The van der Waals surface area contributed by atoms with Gasteiger partial charge in [0.05, 0.1) is 22.4 Å². The van der Waals surface area contributed by atoms with Crippen molar-refractivity contribution in [1.82, 2.24) is 0 Å². The molecule has 0 radical (unpaired) electrons. The highest BCUT2D eigenvalue weighted by molar-refractivity contribution is 7.91. The Morgan fingerprint density at radius 1 is 1.30 bits per heavy atom. The standard InChI is InChI=1S/C14H22N2O3S/c1-5-20(18,19)11-9-7-6-8-10(11)16-13(17)12(15)14(2,3)4/h6-9,12H,5,15H2,1-4H3,(H,16,17)/t12-/m1/s1. The Balaban J connectivity index is 3.09. The molecule has 0 unspecified atom stereocenters. The number of nitrogens with two attached hydrogens (primary N) is 1. The smallest absolute Gasteiger partial charge is 0.241 e. The Morgan fingerprint density at radius 3 is 2.35 bits per heavy atom. The van der Waals surface area contributed by atoms with Crippen molar-refractivity contribution in [3.05, 3.63) is 24.3 Å². The molecule has 0 heterocycles. The molecule has 1 aromatic carbocycles. The molecule has 0 bridgehead atoms. The van der Waals surface area contributed by atoms with E-state index in [-0.39, 0.29) is 16.3 Å². The number of nitrogens with one attached hydrogen (secondary N) is 1. The molecule has 112 valence electrons. The molecule has 1 aromatic rings. The second-order valence-electron chi connectivity index (χ2n) is 5.73. The number of hydrogen-bond donors (Lipinski definition) is 2. The number of carbonyl (C=O) groups is 1. The van der Waals surface area contributed by atoms with E-state index in [9.17, 15) is 13.2 Å². The first-order chi connectivity index (χ1) is 9.09. The average molecular weight is 298 g/mol. The van der Waals surface area contributed by atoms with Crippen LogP contribution >= 0.6 is 0 Å². The van der Waals surface area contributed by atoms with Crippen LogP contribution in [0, 0.1) is 5.41 Å². The number of hydrogen-bond acceptors (Lipinski definition) is 4. The summed E-state index contributed by atoms with van der Waals surface area (Å²) in [5.74, 6) is -0.415. The van der Waals surface area contributed by atoms with E-state index in [1.165, 1.54) is 6.07 Å². The number of sulfone groups is 1. The van der Waals surface area contributed by atoms with Crippen LogP contribution in [0.3, 0.4) is 0 Å². The number of rotatable bonds is 4. The molecule has 0 aromatic heterocycles. The van der Waals surface area contributed by atoms with Crippen molar-refractivity contribution in [2.45, 2.75) is 38.6 Å². The molecule has 0 saturated carbocycles. The second-order valence-corrected chi connectivity index (χ2v) is 7.98. The summed E-state index contributed by atoms with van der Waals surface area (Å²) in [4.78, 5) is 12.2. The quantitative estimate of drug-likeness (QED) is 0.887. The highest BCUT2D eigenvalue weighted by Crippen LogP contribution is 2.24. The third-order valence-corrected chi connectivity index (χ3v) is 4.86. The van der Waals surface area contributed by atoms with Gasteiger partial charge in [0.1, 0.15) is 0 Å². The van der Waals surface area contributed by atoms with Gasteiger partial charge in [-0.05, 0) is 17.5 Å². The Kier molecular flexibility index (Phi) is 4.94. The first-order valence-corrected chi connectivity index (χ1v) is 8.13. The number of benzene rings is 1. The maximum absolute atomic E-state index is 12.1. The van der Waals surface area contributed by atoms with E-state index in [2.05, 4.69) is 5.32 Å². The zero-order valence-corrected chi connectivity index (χ0v) is 13.1. The lowest BCUT2D eigenvalue weighted by atomic mass is 9.87. The van der Waals surface area contributed by atoms with Crippen LogP contribution < -0.4 is 11.1 Å². The van der Waals surface area contributed by atoms with Crippen LogP contribution in [0.2, 0.25) is 0 Å². The molecule has 0 aliphatic heterocycles. The molecule has 1 amide bonds. The molecule has 20 heavy (non-hydrogen) atoms. The van der Waals surface area contributed by atoms with Gasteiger partial charge < -0.3 is 11.1 Å². The van der Waals surface area contributed by atoms with E-state index in [4.69, 9.17) is 5.73 Å². The fourth-order valence-corrected chi connectivity index (χ4v) is 2.65. The van der Waals surface area contributed by atoms with Crippen molar-refractivity contribution in [3.63, 3.8) is 0 Å². The summed E-state index contributed by atoms with van der Waals surface area (Å²) in [6.45, 7) is 7.12. The van der Waals surface area contributed by atoms with E-state index in [1.807, 2.05) is 20.8 Å². The molecule has 0 aliphatic rings. The van der Waals surface area contributed by atoms with Gasteiger partial charge in [0, 0.05) is 0 Å². The Morgan fingerprint density at radius 2 is 1.85 bits per heavy atom. The molecule has 3 N–H and O–H groups in total. The Labute approximate surface area is 120 Å². The van der Waals surface area contributed by atoms with Gasteiger partial charge in [0.2, 0.25) is 5.91 Å². The summed E-state index contributed by atoms with van der Waals surface area (Å²) in [7, 11) is -3.39. The van der Waals surface area contributed by atoms with Gasteiger partial charge in [-0.1, -0.05) is 39.8 Å². The maximum Gasteiger partial charge on any atom is 0.241 e. The van der Waals surface area contributed by atoms with Crippen LogP contribution in [-0.2, 0) is 14.6 Å². The maximum atomic E-state index is 12.1. The molecule has 0 saturated heterocycles.